The number of nitrogens with one attached hydrogen (secondary N) is 2. The first kappa shape index (κ1) is 26.2. The summed E-state index contributed by atoms with van der Waals surface area (Å²) in [6.45, 7) is 9.66. The zero-order valence-corrected chi connectivity index (χ0v) is 20.8. The van der Waals surface area contributed by atoms with E-state index in [9.17, 15) is 17.2 Å². The number of anilines is 2. The third-order valence-electron chi connectivity index (χ3n) is 5.11. The number of hydrogen-bond acceptors (Lipinski definition) is 6. The van der Waals surface area contributed by atoms with Crippen molar-refractivity contribution < 1.29 is 21.9 Å². The molecule has 0 bridgehead atoms. The minimum Gasteiger partial charge on any atom is -0.486 e. The van der Waals surface area contributed by atoms with E-state index in [1.165, 1.54) is 19.2 Å². The van der Waals surface area contributed by atoms with Crippen molar-refractivity contribution >= 4 is 39.9 Å². The predicted molar refractivity (Wildman–Crippen MR) is 135 cm³/mol. The molecule has 0 aliphatic carbocycles. The maximum atomic E-state index is 14.9. The smallest absolute Gasteiger partial charge is 0.228 e. The standard InChI is InChI=1S/C23H28F2N6O3S/c1-14(2)31-8-9-34-22-18(25)10-17(11-19(22)31)21(15(3)24)30-23(26-4)29-20-7-6-16(12-27-20)13-28-35(5,32)33/h6-7,10-12,14,28H,4,8-9,13H2,1-3,5H3,(H,27,29,30)/b21-15+. The summed E-state index contributed by atoms with van der Waals surface area (Å²) in [7, 11) is -3.33. The third kappa shape index (κ3) is 6.83. The van der Waals surface area contributed by atoms with Crippen molar-refractivity contribution in [1.82, 2.24) is 9.71 Å². The Morgan fingerprint density at radius 1 is 1.34 bits per heavy atom. The number of allylic oxidation sites excluding steroid dienone is 1. The number of aromatic nitrogens is 1. The molecular weight excluding hydrogens is 478 g/mol. The number of halogens is 2. The topological polar surface area (TPSA) is 108 Å². The van der Waals surface area contributed by atoms with Gasteiger partial charge < -0.3 is 15.0 Å². The molecule has 0 fully saturated rings. The molecule has 0 amide bonds. The Morgan fingerprint density at radius 3 is 2.66 bits per heavy atom. The van der Waals surface area contributed by atoms with E-state index in [0.717, 1.165) is 6.26 Å². The van der Waals surface area contributed by atoms with Gasteiger partial charge in [0.05, 0.1) is 18.5 Å². The van der Waals surface area contributed by atoms with Gasteiger partial charge in [-0.1, -0.05) is 6.07 Å². The highest BCUT2D eigenvalue weighted by molar-refractivity contribution is 7.88. The molecule has 35 heavy (non-hydrogen) atoms. The van der Waals surface area contributed by atoms with Crippen molar-refractivity contribution in [3.63, 3.8) is 0 Å². The molecule has 0 atom stereocenters. The number of hydrogen-bond donors (Lipinski definition) is 2. The lowest BCUT2D eigenvalue weighted by molar-refractivity contribution is 0.287. The lowest BCUT2D eigenvalue weighted by Gasteiger charge is -2.34. The Kier molecular flexibility index (Phi) is 8.18. The van der Waals surface area contributed by atoms with Gasteiger partial charge in [0, 0.05) is 24.3 Å². The fourth-order valence-corrected chi connectivity index (χ4v) is 3.88. The Bertz CT molecular complexity index is 1260. The Hall–Kier alpha value is -3.38. The van der Waals surface area contributed by atoms with Crippen LogP contribution in [0.25, 0.3) is 5.70 Å². The summed E-state index contributed by atoms with van der Waals surface area (Å²) < 4.78 is 59.8. The van der Waals surface area contributed by atoms with Crippen LogP contribution in [0.5, 0.6) is 5.75 Å². The average molecular weight is 507 g/mol. The Labute approximate surface area is 203 Å². The molecule has 9 nitrogen and oxygen atoms in total. The van der Waals surface area contributed by atoms with Crippen LogP contribution < -0.4 is 19.7 Å². The van der Waals surface area contributed by atoms with E-state index in [1.54, 1.807) is 18.2 Å². The second kappa shape index (κ2) is 10.9. The quantitative estimate of drug-likeness (QED) is 0.438. The third-order valence-corrected chi connectivity index (χ3v) is 5.77. The van der Waals surface area contributed by atoms with E-state index >= 15 is 0 Å². The summed E-state index contributed by atoms with van der Waals surface area (Å²) in [6.07, 6.45) is 2.53. The maximum Gasteiger partial charge on any atom is 0.228 e. The lowest BCUT2D eigenvalue weighted by Crippen LogP contribution is -2.38. The first-order valence-corrected chi connectivity index (χ1v) is 12.7. The molecule has 0 radical (unpaired) electrons. The zero-order valence-electron chi connectivity index (χ0n) is 20.0. The fraction of sp³-hybridized carbons (Fsp3) is 0.348. The maximum absolute atomic E-state index is 14.9. The van der Waals surface area contributed by atoms with Gasteiger partial charge in [-0.25, -0.2) is 36.9 Å². The van der Waals surface area contributed by atoms with Crippen LogP contribution in [-0.4, -0.2) is 51.5 Å². The number of sulfonamides is 1. The highest BCUT2D eigenvalue weighted by Gasteiger charge is 2.25. The van der Waals surface area contributed by atoms with Crippen LogP contribution in [-0.2, 0) is 16.6 Å². The van der Waals surface area contributed by atoms with Crippen molar-refractivity contribution in [2.75, 3.05) is 29.6 Å². The van der Waals surface area contributed by atoms with Crippen molar-refractivity contribution in [2.45, 2.75) is 33.4 Å². The van der Waals surface area contributed by atoms with E-state index in [2.05, 4.69) is 31.7 Å². The SMILES string of the molecule is C=N/C(=N\C(=C(/C)F)c1cc(F)c2c(c1)N(C(C)C)CCO2)Nc1ccc(CNS(C)(=O)=O)cn1. The highest BCUT2D eigenvalue weighted by Crippen LogP contribution is 2.39. The second-order valence-electron chi connectivity index (χ2n) is 8.19. The van der Waals surface area contributed by atoms with Crippen LogP contribution in [0.4, 0.5) is 20.3 Å². The normalized spacial score (nSPS) is 14.8. The van der Waals surface area contributed by atoms with Gasteiger partial charge in [-0.15, -0.1) is 0 Å². The molecule has 2 heterocycles. The van der Waals surface area contributed by atoms with E-state index in [1.807, 2.05) is 18.7 Å². The lowest BCUT2D eigenvalue weighted by atomic mass is 10.1. The van der Waals surface area contributed by atoms with Crippen molar-refractivity contribution in [3.05, 3.63) is 53.2 Å². The molecule has 1 aliphatic rings. The molecule has 3 rings (SSSR count). The first-order chi connectivity index (χ1) is 16.5. The summed E-state index contributed by atoms with van der Waals surface area (Å²) in [5.74, 6) is -0.857. The molecule has 2 aromatic rings. The number of ether oxygens (including phenoxy) is 1. The number of rotatable bonds is 7. The van der Waals surface area contributed by atoms with Crippen LogP contribution >= 0.6 is 0 Å². The van der Waals surface area contributed by atoms with E-state index in [4.69, 9.17) is 4.74 Å². The molecule has 0 saturated carbocycles. The molecule has 0 unspecified atom stereocenters. The monoisotopic (exact) mass is 506 g/mol. The summed E-state index contributed by atoms with van der Waals surface area (Å²) >= 11 is 0. The van der Waals surface area contributed by atoms with E-state index in [-0.39, 0.29) is 35.6 Å². The first-order valence-electron chi connectivity index (χ1n) is 10.8. The van der Waals surface area contributed by atoms with Gasteiger partial charge in [-0.2, -0.15) is 0 Å². The molecular formula is C23H28F2N6O3S. The summed E-state index contributed by atoms with van der Waals surface area (Å²) in [6, 6.07) is 6.14. The van der Waals surface area contributed by atoms with Crippen LogP contribution in [0.15, 0.2) is 46.3 Å². The van der Waals surface area contributed by atoms with Gasteiger partial charge in [0.25, 0.3) is 0 Å². The Balaban J connectivity index is 1.89. The van der Waals surface area contributed by atoms with Gasteiger partial charge in [0.15, 0.2) is 11.6 Å². The zero-order chi connectivity index (χ0) is 25.8. The molecule has 0 saturated heterocycles. The summed E-state index contributed by atoms with van der Waals surface area (Å²) in [5, 5.41) is 2.83. The number of aliphatic imine (C=N–C) groups is 2. The van der Waals surface area contributed by atoms with Crippen molar-refractivity contribution in [1.29, 1.82) is 0 Å². The molecule has 1 aliphatic heterocycles. The minimum atomic E-state index is -3.33. The molecule has 2 N–H and O–H groups in total. The molecule has 12 heteroatoms. The van der Waals surface area contributed by atoms with Crippen LogP contribution in [0.2, 0.25) is 0 Å². The van der Waals surface area contributed by atoms with Gasteiger partial charge in [-0.05, 0) is 51.3 Å². The highest BCUT2D eigenvalue weighted by atomic mass is 32.2. The number of fused-ring (bicyclic) bond motifs is 1. The molecule has 0 spiro atoms. The average Bonchev–Trinajstić information content (AvgIpc) is 2.79. The summed E-state index contributed by atoms with van der Waals surface area (Å²) in [5.41, 5.74) is 1.25. The van der Waals surface area contributed by atoms with Crippen LogP contribution in [0, 0.1) is 5.82 Å². The molecule has 188 valence electrons. The van der Waals surface area contributed by atoms with E-state index in [0.29, 0.717) is 30.2 Å². The predicted octanol–water partition coefficient (Wildman–Crippen LogP) is 3.70. The van der Waals surface area contributed by atoms with Gasteiger partial charge >= 0.3 is 0 Å². The number of pyridine rings is 1. The van der Waals surface area contributed by atoms with Crippen molar-refractivity contribution in [2.24, 2.45) is 9.98 Å². The minimum absolute atomic E-state index is 0.0541. The molecule has 1 aromatic carbocycles. The number of benzene rings is 1. The van der Waals surface area contributed by atoms with Crippen LogP contribution in [0.1, 0.15) is 31.9 Å². The van der Waals surface area contributed by atoms with Gasteiger partial charge in [0.2, 0.25) is 16.0 Å². The fourth-order valence-electron chi connectivity index (χ4n) is 3.46. The Morgan fingerprint density at radius 2 is 2.09 bits per heavy atom. The van der Waals surface area contributed by atoms with Gasteiger partial charge in [-0.3, -0.25) is 0 Å². The summed E-state index contributed by atoms with van der Waals surface area (Å²) in [4.78, 5) is 14.2. The number of nitrogens with zero attached hydrogens (tertiary/aromatic N) is 4. The van der Waals surface area contributed by atoms with Gasteiger partial charge in [0.1, 0.15) is 23.9 Å². The van der Waals surface area contributed by atoms with Crippen LogP contribution in [0.3, 0.4) is 0 Å². The number of guanidine groups is 1. The van der Waals surface area contributed by atoms with E-state index < -0.39 is 21.7 Å². The molecule has 1 aromatic heterocycles. The second-order valence-corrected chi connectivity index (χ2v) is 10.0. The van der Waals surface area contributed by atoms with Crippen molar-refractivity contribution in [3.8, 4) is 5.75 Å². The largest absolute Gasteiger partial charge is 0.486 e.